The van der Waals surface area contributed by atoms with Gasteiger partial charge in [0, 0.05) is 13.1 Å². The summed E-state index contributed by atoms with van der Waals surface area (Å²) in [5.41, 5.74) is 0. The second-order valence-electron chi connectivity index (χ2n) is 5.14. The second-order valence-corrected chi connectivity index (χ2v) is 5.48. The Morgan fingerprint density at radius 1 is 1.30 bits per heavy atom. The lowest BCUT2D eigenvalue weighted by molar-refractivity contribution is 0.293. The summed E-state index contributed by atoms with van der Waals surface area (Å²) in [7, 11) is 0. The molecule has 1 aliphatic heterocycles. The van der Waals surface area contributed by atoms with Crippen LogP contribution in [0.2, 0.25) is 5.28 Å². The van der Waals surface area contributed by atoms with Crippen LogP contribution in [0, 0.1) is 5.92 Å². The summed E-state index contributed by atoms with van der Waals surface area (Å²) < 4.78 is 5.25. The number of rotatable bonds is 7. The first kappa shape index (κ1) is 15.3. The molecule has 0 spiro atoms. The maximum Gasteiger partial charge on any atom is 0.322 e. The predicted molar refractivity (Wildman–Crippen MR) is 79.3 cm³/mol. The number of hydrogen-bond acceptors (Lipinski definition) is 6. The summed E-state index contributed by atoms with van der Waals surface area (Å²) in [4.78, 5) is 14.6. The van der Waals surface area contributed by atoms with Crippen molar-refractivity contribution in [3.05, 3.63) is 5.28 Å². The molecule has 0 amide bonds. The zero-order valence-corrected chi connectivity index (χ0v) is 12.9. The third-order valence-electron chi connectivity index (χ3n) is 3.24. The van der Waals surface area contributed by atoms with Crippen LogP contribution in [-0.4, -0.2) is 52.6 Å². The Hall–Kier alpha value is -1.14. The molecule has 0 bridgehead atoms. The van der Waals surface area contributed by atoms with Crippen LogP contribution in [0.4, 0.5) is 5.95 Å². The van der Waals surface area contributed by atoms with Gasteiger partial charge in [-0.1, -0.05) is 6.92 Å². The molecule has 1 fully saturated rings. The van der Waals surface area contributed by atoms with Gasteiger partial charge in [-0.25, -0.2) is 0 Å². The van der Waals surface area contributed by atoms with Crippen molar-refractivity contribution in [1.82, 2.24) is 19.9 Å². The molecule has 112 valence electrons. The van der Waals surface area contributed by atoms with Gasteiger partial charge in [0.15, 0.2) is 0 Å². The standard InChI is InChI=1S/C13H22ClN5O/c1-3-20-13-17-11(14)16-12(18-13)15-8-10(2)9-19-6-4-5-7-19/h10H,3-9H2,1-2H3,(H,15,16,17,18). The maximum absolute atomic E-state index is 5.85. The van der Waals surface area contributed by atoms with E-state index in [1.54, 1.807) is 0 Å². The van der Waals surface area contributed by atoms with E-state index in [2.05, 4.69) is 32.1 Å². The first-order valence-corrected chi connectivity index (χ1v) is 7.55. The fourth-order valence-corrected chi connectivity index (χ4v) is 2.49. The van der Waals surface area contributed by atoms with Gasteiger partial charge in [-0.15, -0.1) is 0 Å². The Labute approximate surface area is 124 Å². The Bertz CT molecular complexity index is 425. The van der Waals surface area contributed by atoms with E-state index in [0.29, 0.717) is 18.5 Å². The van der Waals surface area contributed by atoms with Crippen LogP contribution in [0.3, 0.4) is 0 Å². The highest BCUT2D eigenvalue weighted by Gasteiger charge is 2.15. The first-order valence-electron chi connectivity index (χ1n) is 7.18. The van der Waals surface area contributed by atoms with Crippen molar-refractivity contribution in [3.8, 4) is 6.01 Å². The topological polar surface area (TPSA) is 63.2 Å². The molecule has 1 aromatic rings. The third kappa shape index (κ3) is 4.76. The van der Waals surface area contributed by atoms with Crippen LogP contribution in [-0.2, 0) is 0 Å². The van der Waals surface area contributed by atoms with E-state index in [0.717, 1.165) is 13.1 Å². The van der Waals surface area contributed by atoms with Gasteiger partial charge in [0.2, 0.25) is 11.2 Å². The molecule has 2 heterocycles. The highest BCUT2D eigenvalue weighted by molar-refractivity contribution is 6.28. The Morgan fingerprint density at radius 3 is 2.75 bits per heavy atom. The van der Waals surface area contributed by atoms with Gasteiger partial charge in [0.05, 0.1) is 6.61 Å². The van der Waals surface area contributed by atoms with E-state index >= 15 is 0 Å². The van der Waals surface area contributed by atoms with Crippen LogP contribution < -0.4 is 10.1 Å². The van der Waals surface area contributed by atoms with Crippen molar-refractivity contribution in [2.24, 2.45) is 5.92 Å². The van der Waals surface area contributed by atoms with Crippen molar-refractivity contribution in [3.63, 3.8) is 0 Å². The lowest BCUT2D eigenvalue weighted by atomic mass is 10.1. The summed E-state index contributed by atoms with van der Waals surface area (Å²) in [6.45, 7) is 8.95. The molecule has 1 saturated heterocycles. The third-order valence-corrected chi connectivity index (χ3v) is 3.41. The van der Waals surface area contributed by atoms with E-state index in [1.165, 1.54) is 25.9 Å². The zero-order chi connectivity index (χ0) is 14.4. The number of hydrogen-bond donors (Lipinski definition) is 1. The van der Waals surface area contributed by atoms with Crippen LogP contribution in [0.5, 0.6) is 6.01 Å². The molecule has 6 nitrogen and oxygen atoms in total. The van der Waals surface area contributed by atoms with Gasteiger partial charge >= 0.3 is 6.01 Å². The normalized spacial score (nSPS) is 17.1. The van der Waals surface area contributed by atoms with E-state index in [1.807, 2.05) is 6.92 Å². The van der Waals surface area contributed by atoms with Gasteiger partial charge in [-0.2, -0.15) is 15.0 Å². The largest absolute Gasteiger partial charge is 0.464 e. The predicted octanol–water partition coefficient (Wildman–Crippen LogP) is 2.07. The molecule has 7 heteroatoms. The molecular weight excluding hydrogens is 278 g/mol. The van der Waals surface area contributed by atoms with Gasteiger partial charge in [-0.05, 0) is 50.4 Å². The molecule has 1 aromatic heterocycles. The summed E-state index contributed by atoms with van der Waals surface area (Å²) in [5, 5.41) is 3.36. The van der Waals surface area contributed by atoms with Gasteiger partial charge < -0.3 is 15.0 Å². The highest BCUT2D eigenvalue weighted by Crippen LogP contribution is 2.13. The number of aromatic nitrogens is 3. The maximum atomic E-state index is 5.85. The monoisotopic (exact) mass is 299 g/mol. The summed E-state index contributed by atoms with van der Waals surface area (Å²) >= 11 is 5.85. The molecular formula is C13H22ClN5O. The van der Waals surface area contributed by atoms with Crippen molar-refractivity contribution >= 4 is 17.5 Å². The number of anilines is 1. The van der Waals surface area contributed by atoms with Crippen LogP contribution in [0.15, 0.2) is 0 Å². The lowest BCUT2D eigenvalue weighted by Gasteiger charge is -2.20. The number of nitrogens with zero attached hydrogens (tertiary/aromatic N) is 4. The van der Waals surface area contributed by atoms with Crippen LogP contribution in [0.25, 0.3) is 0 Å². The number of ether oxygens (including phenoxy) is 1. The highest BCUT2D eigenvalue weighted by atomic mass is 35.5. The minimum atomic E-state index is 0.151. The second kappa shape index (κ2) is 7.59. The smallest absolute Gasteiger partial charge is 0.322 e. The average molecular weight is 300 g/mol. The lowest BCUT2D eigenvalue weighted by Crippen LogP contribution is -2.29. The van der Waals surface area contributed by atoms with Gasteiger partial charge in [0.25, 0.3) is 0 Å². The molecule has 0 aliphatic carbocycles. The fourth-order valence-electron chi connectivity index (χ4n) is 2.34. The summed E-state index contributed by atoms with van der Waals surface area (Å²) in [6.07, 6.45) is 2.64. The molecule has 0 saturated carbocycles. The van der Waals surface area contributed by atoms with Gasteiger partial charge in [0.1, 0.15) is 0 Å². The quantitative estimate of drug-likeness (QED) is 0.831. The van der Waals surface area contributed by atoms with Crippen molar-refractivity contribution in [2.45, 2.75) is 26.7 Å². The molecule has 2 rings (SSSR count). The minimum Gasteiger partial charge on any atom is -0.464 e. The van der Waals surface area contributed by atoms with E-state index in [-0.39, 0.29) is 11.3 Å². The number of likely N-dealkylation sites (tertiary alicyclic amines) is 1. The molecule has 1 aliphatic rings. The van der Waals surface area contributed by atoms with Crippen molar-refractivity contribution < 1.29 is 4.74 Å². The Kier molecular flexibility index (Phi) is 5.79. The SMILES string of the molecule is CCOc1nc(Cl)nc(NCC(C)CN2CCCC2)n1. The summed E-state index contributed by atoms with van der Waals surface area (Å²) in [6, 6.07) is 0.266. The average Bonchev–Trinajstić information content (AvgIpc) is 2.89. The minimum absolute atomic E-state index is 0.151. The Morgan fingerprint density at radius 2 is 2.05 bits per heavy atom. The fraction of sp³-hybridized carbons (Fsp3) is 0.769. The molecule has 0 radical (unpaired) electrons. The Balaban J connectivity index is 1.82. The van der Waals surface area contributed by atoms with E-state index in [4.69, 9.17) is 16.3 Å². The molecule has 1 atom stereocenters. The van der Waals surface area contributed by atoms with Crippen molar-refractivity contribution in [1.29, 1.82) is 0 Å². The molecule has 0 aromatic carbocycles. The van der Waals surface area contributed by atoms with Gasteiger partial charge in [-0.3, -0.25) is 0 Å². The number of halogens is 1. The zero-order valence-electron chi connectivity index (χ0n) is 12.1. The van der Waals surface area contributed by atoms with E-state index < -0.39 is 0 Å². The van der Waals surface area contributed by atoms with Crippen LogP contribution in [0.1, 0.15) is 26.7 Å². The summed E-state index contributed by atoms with van der Waals surface area (Å²) in [5.74, 6) is 1.00. The van der Waals surface area contributed by atoms with Crippen molar-refractivity contribution in [2.75, 3.05) is 38.1 Å². The molecule has 1 N–H and O–H groups in total. The molecule has 20 heavy (non-hydrogen) atoms. The number of nitrogens with one attached hydrogen (secondary N) is 1. The van der Waals surface area contributed by atoms with E-state index in [9.17, 15) is 0 Å². The molecule has 1 unspecified atom stereocenters. The van der Waals surface area contributed by atoms with Crippen LogP contribution >= 0.6 is 11.6 Å². The first-order chi connectivity index (χ1) is 9.67.